The molecule has 0 radical (unpaired) electrons. The van der Waals surface area contributed by atoms with Crippen molar-refractivity contribution in [1.29, 1.82) is 0 Å². The Labute approximate surface area is 189 Å². The lowest BCUT2D eigenvalue weighted by molar-refractivity contribution is -0.0525. The molecule has 4 aliphatic rings. The van der Waals surface area contributed by atoms with Crippen LogP contribution in [0.5, 0.6) is 0 Å². The normalized spacial score (nSPS) is 45.3. The van der Waals surface area contributed by atoms with Crippen molar-refractivity contribution in [2.45, 2.75) is 119 Å². The molecule has 0 amide bonds. The van der Waals surface area contributed by atoms with E-state index < -0.39 is 0 Å². The average molecular weight is 413 g/mol. The molecule has 0 aromatic heterocycles. The molecule has 0 spiro atoms. The summed E-state index contributed by atoms with van der Waals surface area (Å²) in [5.74, 6) is 7.59. The summed E-state index contributed by atoms with van der Waals surface area (Å²) in [5.41, 5.74) is 3.05. The van der Waals surface area contributed by atoms with Crippen LogP contribution in [0, 0.1) is 58.2 Å². The summed E-state index contributed by atoms with van der Waals surface area (Å²) in [6.45, 7) is 17.8. The van der Waals surface area contributed by atoms with Crippen LogP contribution in [-0.2, 0) is 0 Å². The molecule has 0 saturated heterocycles. The van der Waals surface area contributed by atoms with Crippen LogP contribution >= 0.6 is 0 Å². The molecular formula is C30H52. The zero-order valence-corrected chi connectivity index (χ0v) is 21.5. The van der Waals surface area contributed by atoms with Crippen molar-refractivity contribution in [1.82, 2.24) is 0 Å². The van der Waals surface area contributed by atoms with Crippen LogP contribution < -0.4 is 0 Å². The third-order valence-corrected chi connectivity index (χ3v) is 11.6. The highest BCUT2D eigenvalue weighted by Crippen LogP contribution is 2.67. The van der Waals surface area contributed by atoms with Crippen LogP contribution in [0.3, 0.4) is 0 Å². The van der Waals surface area contributed by atoms with E-state index in [2.05, 4.69) is 54.5 Å². The van der Waals surface area contributed by atoms with E-state index in [1.165, 1.54) is 70.6 Å². The van der Waals surface area contributed by atoms with Gasteiger partial charge in [0.2, 0.25) is 0 Å². The quantitative estimate of drug-likeness (QED) is 0.381. The summed E-state index contributed by atoms with van der Waals surface area (Å²) in [4.78, 5) is 0. The highest BCUT2D eigenvalue weighted by atomic mass is 14.6. The SMILES string of the molecule is CC[C@H](CC[C@@H](C)C1CCC2[C@@H]3CC=C4CC(C)CCC4(C)C3CCC21C)C(C)C. The molecule has 0 N–H and O–H groups in total. The Morgan fingerprint density at radius 1 is 0.967 bits per heavy atom. The zero-order valence-electron chi connectivity index (χ0n) is 21.5. The van der Waals surface area contributed by atoms with Crippen LogP contribution in [0.4, 0.5) is 0 Å². The van der Waals surface area contributed by atoms with Gasteiger partial charge in [-0.05, 0) is 116 Å². The number of hydrogen-bond acceptors (Lipinski definition) is 0. The maximum atomic E-state index is 2.76. The minimum atomic E-state index is 0.548. The first-order valence-electron chi connectivity index (χ1n) is 13.9. The number of hydrogen-bond donors (Lipinski definition) is 0. The van der Waals surface area contributed by atoms with E-state index in [0.717, 1.165) is 47.3 Å². The second-order valence-electron chi connectivity index (χ2n) is 13.3. The number of allylic oxidation sites excluding steroid dienone is 2. The molecule has 0 bridgehead atoms. The summed E-state index contributed by atoms with van der Waals surface area (Å²) >= 11 is 0. The van der Waals surface area contributed by atoms with Gasteiger partial charge in [0.05, 0.1) is 0 Å². The van der Waals surface area contributed by atoms with Crippen molar-refractivity contribution in [3.05, 3.63) is 11.6 Å². The van der Waals surface area contributed by atoms with Gasteiger partial charge in [-0.1, -0.05) is 73.0 Å². The molecule has 9 atom stereocenters. The molecule has 30 heavy (non-hydrogen) atoms. The minimum Gasteiger partial charge on any atom is -0.0845 e. The van der Waals surface area contributed by atoms with Crippen LogP contribution in [0.15, 0.2) is 11.6 Å². The Morgan fingerprint density at radius 3 is 2.43 bits per heavy atom. The fourth-order valence-electron chi connectivity index (χ4n) is 9.51. The molecule has 172 valence electrons. The van der Waals surface area contributed by atoms with E-state index in [0.29, 0.717) is 10.8 Å². The molecule has 6 unspecified atom stereocenters. The second kappa shape index (κ2) is 8.59. The summed E-state index contributed by atoms with van der Waals surface area (Å²) in [6, 6.07) is 0. The summed E-state index contributed by atoms with van der Waals surface area (Å²) in [6.07, 6.45) is 18.9. The Bertz CT molecular complexity index is 628. The first-order valence-corrected chi connectivity index (χ1v) is 13.9. The molecule has 3 saturated carbocycles. The predicted octanol–water partition coefficient (Wildman–Crippen LogP) is 9.30. The molecule has 0 heterocycles. The maximum Gasteiger partial charge on any atom is -0.00851 e. The molecule has 4 aliphatic carbocycles. The van der Waals surface area contributed by atoms with Gasteiger partial charge >= 0.3 is 0 Å². The first kappa shape index (κ1) is 22.9. The average Bonchev–Trinajstić information content (AvgIpc) is 3.06. The summed E-state index contributed by atoms with van der Waals surface area (Å²) < 4.78 is 0. The molecule has 0 aromatic carbocycles. The van der Waals surface area contributed by atoms with Crippen molar-refractivity contribution < 1.29 is 0 Å². The van der Waals surface area contributed by atoms with Gasteiger partial charge in [-0.2, -0.15) is 0 Å². The standard InChI is InChI=1S/C30H52/c1-8-23(20(2)3)10-9-22(5)26-13-14-27-25-12-11-24-19-21(4)15-17-29(24,6)28(25)16-18-30(26,27)7/h11,20-23,25-28H,8-10,12-19H2,1-7H3/t21?,22-,23-,25+,26?,27?,28?,29?,30?/m1/s1. The van der Waals surface area contributed by atoms with Crippen LogP contribution in [0.25, 0.3) is 0 Å². The summed E-state index contributed by atoms with van der Waals surface area (Å²) in [7, 11) is 0. The molecule has 0 heteroatoms. The smallest absolute Gasteiger partial charge is 0.00851 e. The van der Waals surface area contributed by atoms with E-state index in [4.69, 9.17) is 0 Å². The van der Waals surface area contributed by atoms with Crippen molar-refractivity contribution in [3.63, 3.8) is 0 Å². The zero-order chi connectivity index (χ0) is 21.7. The van der Waals surface area contributed by atoms with E-state index >= 15 is 0 Å². The van der Waals surface area contributed by atoms with Gasteiger partial charge in [0.15, 0.2) is 0 Å². The van der Waals surface area contributed by atoms with E-state index in [1.807, 2.05) is 5.57 Å². The first-order chi connectivity index (χ1) is 14.2. The highest BCUT2D eigenvalue weighted by molar-refractivity contribution is 5.25. The van der Waals surface area contributed by atoms with E-state index in [-0.39, 0.29) is 0 Å². The number of rotatable bonds is 6. The minimum absolute atomic E-state index is 0.548. The molecule has 0 nitrogen and oxygen atoms in total. The third kappa shape index (κ3) is 3.75. The lowest BCUT2D eigenvalue weighted by atomic mass is 9.46. The largest absolute Gasteiger partial charge is 0.0845 e. The van der Waals surface area contributed by atoms with Crippen molar-refractivity contribution >= 4 is 0 Å². The van der Waals surface area contributed by atoms with Crippen LogP contribution in [-0.4, -0.2) is 0 Å². The van der Waals surface area contributed by atoms with Gasteiger partial charge in [-0.25, -0.2) is 0 Å². The van der Waals surface area contributed by atoms with Gasteiger partial charge in [0.1, 0.15) is 0 Å². The molecule has 3 fully saturated rings. The van der Waals surface area contributed by atoms with Crippen molar-refractivity contribution in [2.75, 3.05) is 0 Å². The lowest BCUT2D eigenvalue weighted by Gasteiger charge is -2.58. The molecule has 0 aromatic rings. The van der Waals surface area contributed by atoms with Crippen LogP contribution in [0.1, 0.15) is 119 Å². The Morgan fingerprint density at radius 2 is 1.73 bits per heavy atom. The maximum absolute atomic E-state index is 2.76. The molecule has 0 aliphatic heterocycles. The molecule has 4 rings (SSSR count). The fourth-order valence-corrected chi connectivity index (χ4v) is 9.51. The van der Waals surface area contributed by atoms with Gasteiger partial charge in [0, 0.05) is 0 Å². The van der Waals surface area contributed by atoms with Gasteiger partial charge in [-0.3, -0.25) is 0 Å². The lowest BCUT2D eigenvalue weighted by Crippen LogP contribution is -2.50. The second-order valence-corrected chi connectivity index (χ2v) is 13.3. The van der Waals surface area contributed by atoms with Crippen molar-refractivity contribution in [3.8, 4) is 0 Å². The van der Waals surface area contributed by atoms with E-state index in [9.17, 15) is 0 Å². The number of fused-ring (bicyclic) bond motifs is 5. The van der Waals surface area contributed by atoms with Gasteiger partial charge in [-0.15, -0.1) is 0 Å². The Kier molecular flexibility index (Phi) is 6.56. The van der Waals surface area contributed by atoms with E-state index in [1.54, 1.807) is 0 Å². The monoisotopic (exact) mass is 412 g/mol. The van der Waals surface area contributed by atoms with Gasteiger partial charge < -0.3 is 0 Å². The topological polar surface area (TPSA) is 0 Å². The van der Waals surface area contributed by atoms with Crippen LogP contribution in [0.2, 0.25) is 0 Å². The van der Waals surface area contributed by atoms with Crippen molar-refractivity contribution in [2.24, 2.45) is 58.2 Å². The third-order valence-electron chi connectivity index (χ3n) is 11.6. The predicted molar refractivity (Wildman–Crippen MR) is 131 cm³/mol. The highest BCUT2D eigenvalue weighted by Gasteiger charge is 2.58. The Balaban J connectivity index is 1.47. The fraction of sp³-hybridized carbons (Fsp3) is 0.933. The Hall–Kier alpha value is -0.260. The van der Waals surface area contributed by atoms with Gasteiger partial charge in [0.25, 0.3) is 0 Å². The summed E-state index contributed by atoms with van der Waals surface area (Å²) in [5, 5.41) is 0. The molecular weight excluding hydrogens is 360 g/mol.